The summed E-state index contributed by atoms with van der Waals surface area (Å²) in [5, 5.41) is 12.8. The fourth-order valence-electron chi connectivity index (χ4n) is 2.22. The summed E-state index contributed by atoms with van der Waals surface area (Å²) < 4.78 is 0. The number of unbranched alkanes of at least 4 members (excludes halogenated alkanes) is 2. The van der Waals surface area contributed by atoms with Crippen molar-refractivity contribution in [1.29, 1.82) is 0 Å². The Hall–Kier alpha value is -1.92. The number of rotatable bonds is 8. The van der Waals surface area contributed by atoms with E-state index in [0.717, 1.165) is 23.4 Å². The van der Waals surface area contributed by atoms with E-state index in [-0.39, 0.29) is 12.3 Å². The number of carboxylic acids is 1. The first-order valence-corrected chi connectivity index (χ1v) is 8.91. The summed E-state index contributed by atoms with van der Waals surface area (Å²) >= 11 is 7.50. The normalized spacial score (nSPS) is 10.6. The molecule has 1 aromatic heterocycles. The molecule has 0 aliphatic heterocycles. The molecule has 7 heteroatoms. The molecule has 0 spiro atoms. The molecule has 0 saturated heterocycles. The van der Waals surface area contributed by atoms with Gasteiger partial charge in [0.1, 0.15) is 9.88 Å². The molecule has 128 valence electrons. The van der Waals surface area contributed by atoms with Crippen LogP contribution in [0.25, 0.3) is 10.6 Å². The van der Waals surface area contributed by atoms with Gasteiger partial charge in [0, 0.05) is 18.5 Å². The topological polar surface area (TPSA) is 79.3 Å². The molecule has 1 aromatic carbocycles. The van der Waals surface area contributed by atoms with Gasteiger partial charge in [-0.1, -0.05) is 36.2 Å². The Balaban J connectivity index is 1.91. The Morgan fingerprint density at radius 2 is 2.00 bits per heavy atom. The van der Waals surface area contributed by atoms with Gasteiger partial charge >= 0.3 is 5.97 Å². The smallest absolute Gasteiger partial charge is 0.303 e. The van der Waals surface area contributed by atoms with Crippen molar-refractivity contribution in [3.8, 4) is 10.6 Å². The lowest BCUT2D eigenvalue weighted by Crippen LogP contribution is -2.24. The SMILES string of the molecule is Cc1nc(-c2ccccc2Cl)sc1C(=O)NCCCCCC(=O)O. The monoisotopic (exact) mass is 366 g/mol. The molecule has 2 rings (SSSR count). The molecule has 0 fully saturated rings. The van der Waals surface area contributed by atoms with Gasteiger partial charge in [-0.2, -0.15) is 0 Å². The Labute approximate surface area is 149 Å². The number of aryl methyl sites for hydroxylation is 1. The highest BCUT2D eigenvalue weighted by Gasteiger charge is 2.17. The number of aliphatic carboxylic acids is 1. The molecule has 2 aromatic rings. The van der Waals surface area contributed by atoms with Crippen molar-refractivity contribution in [2.75, 3.05) is 6.54 Å². The molecule has 0 bridgehead atoms. The number of nitrogens with one attached hydrogen (secondary N) is 1. The van der Waals surface area contributed by atoms with Crippen LogP contribution >= 0.6 is 22.9 Å². The summed E-state index contributed by atoms with van der Waals surface area (Å²) in [5.74, 6) is -0.937. The molecule has 5 nitrogen and oxygen atoms in total. The molecule has 0 radical (unpaired) electrons. The number of carbonyl (C=O) groups excluding carboxylic acids is 1. The Morgan fingerprint density at radius 1 is 1.25 bits per heavy atom. The molecule has 2 N–H and O–H groups in total. The van der Waals surface area contributed by atoms with E-state index in [1.807, 2.05) is 18.2 Å². The number of halogens is 1. The van der Waals surface area contributed by atoms with Crippen LogP contribution in [0.2, 0.25) is 5.02 Å². The van der Waals surface area contributed by atoms with Crippen LogP contribution in [0.1, 0.15) is 41.0 Å². The first-order chi connectivity index (χ1) is 11.5. The second-order valence-corrected chi connectivity index (χ2v) is 6.78. The van der Waals surface area contributed by atoms with E-state index in [1.54, 1.807) is 13.0 Å². The minimum Gasteiger partial charge on any atom is -0.481 e. The van der Waals surface area contributed by atoms with Gasteiger partial charge in [-0.15, -0.1) is 11.3 Å². The third kappa shape index (κ3) is 5.04. The number of benzene rings is 1. The number of carbonyl (C=O) groups is 2. The van der Waals surface area contributed by atoms with Crippen molar-refractivity contribution in [3.63, 3.8) is 0 Å². The predicted octanol–water partition coefficient (Wildman–Crippen LogP) is 4.15. The average Bonchev–Trinajstić information content (AvgIpc) is 2.92. The summed E-state index contributed by atoms with van der Waals surface area (Å²) in [6.07, 6.45) is 2.33. The number of amides is 1. The van der Waals surface area contributed by atoms with Crippen molar-refractivity contribution in [2.45, 2.75) is 32.6 Å². The van der Waals surface area contributed by atoms with Crippen LogP contribution in [0.15, 0.2) is 24.3 Å². The minimum absolute atomic E-state index is 0.151. The average molecular weight is 367 g/mol. The zero-order valence-corrected chi connectivity index (χ0v) is 14.9. The summed E-state index contributed by atoms with van der Waals surface area (Å²) in [4.78, 5) is 27.7. The lowest BCUT2D eigenvalue weighted by molar-refractivity contribution is -0.137. The zero-order valence-electron chi connectivity index (χ0n) is 13.3. The molecular formula is C17H19ClN2O3S. The van der Waals surface area contributed by atoms with Gasteiger partial charge < -0.3 is 10.4 Å². The standard InChI is InChI=1S/C17H19ClN2O3S/c1-11-15(16(23)19-10-6-2-3-9-14(21)22)24-17(20-11)12-7-4-5-8-13(12)18/h4-5,7-8H,2-3,6,9-10H2,1H3,(H,19,23)(H,21,22). The van der Waals surface area contributed by atoms with Gasteiger partial charge in [-0.25, -0.2) is 4.98 Å². The first-order valence-electron chi connectivity index (χ1n) is 7.71. The number of hydrogen-bond acceptors (Lipinski definition) is 4. The van der Waals surface area contributed by atoms with E-state index in [0.29, 0.717) is 28.6 Å². The van der Waals surface area contributed by atoms with Crippen molar-refractivity contribution < 1.29 is 14.7 Å². The maximum atomic E-state index is 12.3. The molecule has 0 unspecified atom stereocenters. The van der Waals surface area contributed by atoms with E-state index in [1.165, 1.54) is 11.3 Å². The van der Waals surface area contributed by atoms with Crippen molar-refractivity contribution in [1.82, 2.24) is 10.3 Å². The largest absolute Gasteiger partial charge is 0.481 e. The number of thiazole rings is 1. The highest BCUT2D eigenvalue weighted by atomic mass is 35.5. The van der Waals surface area contributed by atoms with Crippen molar-refractivity contribution >= 4 is 34.8 Å². The first kappa shape index (κ1) is 18.4. The molecule has 1 amide bonds. The van der Waals surface area contributed by atoms with Crippen LogP contribution < -0.4 is 5.32 Å². The molecular weight excluding hydrogens is 348 g/mol. The van der Waals surface area contributed by atoms with Crippen LogP contribution in [0.3, 0.4) is 0 Å². The van der Waals surface area contributed by atoms with Crippen molar-refractivity contribution in [3.05, 3.63) is 39.9 Å². The Bertz CT molecular complexity index is 730. The molecule has 0 saturated carbocycles. The highest BCUT2D eigenvalue weighted by Crippen LogP contribution is 2.32. The third-order valence-corrected chi connectivity index (χ3v) is 4.98. The number of hydrogen-bond donors (Lipinski definition) is 2. The molecule has 0 aliphatic carbocycles. The van der Waals surface area contributed by atoms with Gasteiger partial charge in [-0.3, -0.25) is 9.59 Å². The molecule has 0 atom stereocenters. The van der Waals surface area contributed by atoms with Gasteiger partial charge in [0.05, 0.1) is 10.7 Å². The summed E-state index contributed by atoms with van der Waals surface area (Å²) in [6.45, 7) is 2.33. The fourth-order valence-corrected chi connectivity index (χ4v) is 3.52. The van der Waals surface area contributed by atoms with Crippen LogP contribution in [0.5, 0.6) is 0 Å². The van der Waals surface area contributed by atoms with Crippen LogP contribution in [0, 0.1) is 6.92 Å². The quantitative estimate of drug-likeness (QED) is 0.688. The van der Waals surface area contributed by atoms with Crippen LogP contribution in [-0.2, 0) is 4.79 Å². The predicted molar refractivity (Wildman–Crippen MR) is 95.7 cm³/mol. The summed E-state index contributed by atoms with van der Waals surface area (Å²) in [7, 11) is 0. The molecule has 1 heterocycles. The maximum absolute atomic E-state index is 12.3. The van der Waals surface area contributed by atoms with E-state index in [2.05, 4.69) is 10.3 Å². The van der Waals surface area contributed by atoms with E-state index in [4.69, 9.17) is 16.7 Å². The van der Waals surface area contributed by atoms with Gasteiger partial charge in [0.2, 0.25) is 0 Å². The van der Waals surface area contributed by atoms with Gasteiger partial charge in [-0.05, 0) is 25.8 Å². The lowest BCUT2D eigenvalue weighted by Gasteiger charge is -2.03. The number of carboxylic acid groups (broad SMARTS) is 1. The second kappa shape index (κ2) is 8.80. The van der Waals surface area contributed by atoms with Crippen LogP contribution in [0.4, 0.5) is 0 Å². The maximum Gasteiger partial charge on any atom is 0.303 e. The minimum atomic E-state index is -0.786. The molecule has 24 heavy (non-hydrogen) atoms. The lowest BCUT2D eigenvalue weighted by atomic mass is 10.2. The Morgan fingerprint density at radius 3 is 2.71 bits per heavy atom. The van der Waals surface area contributed by atoms with E-state index < -0.39 is 5.97 Å². The summed E-state index contributed by atoms with van der Waals surface area (Å²) in [6, 6.07) is 7.41. The zero-order chi connectivity index (χ0) is 17.5. The molecule has 0 aliphatic rings. The number of nitrogens with zero attached hydrogens (tertiary/aromatic N) is 1. The van der Waals surface area contributed by atoms with Gasteiger partial charge in [0.25, 0.3) is 5.91 Å². The highest BCUT2D eigenvalue weighted by molar-refractivity contribution is 7.17. The van der Waals surface area contributed by atoms with Crippen LogP contribution in [-0.4, -0.2) is 28.5 Å². The van der Waals surface area contributed by atoms with E-state index in [9.17, 15) is 9.59 Å². The fraction of sp³-hybridized carbons (Fsp3) is 0.353. The Kier molecular flexibility index (Phi) is 6.75. The second-order valence-electron chi connectivity index (χ2n) is 5.37. The summed E-state index contributed by atoms with van der Waals surface area (Å²) in [5.41, 5.74) is 1.50. The van der Waals surface area contributed by atoms with Crippen molar-refractivity contribution in [2.24, 2.45) is 0 Å². The van der Waals surface area contributed by atoms with Gasteiger partial charge in [0.15, 0.2) is 0 Å². The number of aromatic nitrogens is 1. The van der Waals surface area contributed by atoms with E-state index >= 15 is 0 Å². The third-order valence-electron chi connectivity index (χ3n) is 3.46.